The Hall–Kier alpha value is -3.42. The molecule has 6 nitrogen and oxygen atoms in total. The van der Waals surface area contributed by atoms with Crippen molar-refractivity contribution in [1.29, 1.82) is 0 Å². The van der Waals surface area contributed by atoms with Crippen molar-refractivity contribution in [3.8, 4) is 11.1 Å². The molecule has 0 unspecified atom stereocenters. The summed E-state index contributed by atoms with van der Waals surface area (Å²) in [5, 5.41) is 3.80. The molecule has 3 aromatic rings. The van der Waals surface area contributed by atoms with Crippen molar-refractivity contribution in [3.63, 3.8) is 0 Å². The molecule has 1 aliphatic rings. The van der Waals surface area contributed by atoms with Crippen LogP contribution in [-0.4, -0.2) is 48.7 Å². The summed E-state index contributed by atoms with van der Waals surface area (Å²) in [6.45, 7) is 11.2. The molecule has 2 amide bonds. The fraction of sp³-hybridized carbons (Fsp3) is 0.375. The largest absolute Gasteiger partial charge is 0.444 e. The number of likely N-dealkylation sites (tertiary alicyclic amines) is 1. The molecule has 1 fully saturated rings. The second-order valence-electron chi connectivity index (χ2n) is 11.9. The minimum Gasteiger partial charge on any atom is -0.444 e. The first-order valence-electron chi connectivity index (χ1n) is 13.7. The predicted octanol–water partition coefficient (Wildman–Crippen LogP) is 5.80. The quantitative estimate of drug-likeness (QED) is 0.384. The number of hydrogen-bond acceptors (Lipinski definition) is 4. The number of carbonyl (C=O) groups is 2. The number of benzene rings is 3. The van der Waals surface area contributed by atoms with Gasteiger partial charge in [-0.15, -0.1) is 0 Å². The normalized spacial score (nSPS) is 14.7. The van der Waals surface area contributed by atoms with Crippen LogP contribution in [0.1, 0.15) is 61.0 Å². The third kappa shape index (κ3) is 7.58. The van der Waals surface area contributed by atoms with Gasteiger partial charge in [-0.05, 0) is 92.2 Å². The molecule has 2 N–H and O–H groups in total. The number of rotatable bonds is 6. The molecule has 0 atom stereocenters. The molecule has 4 rings (SSSR count). The van der Waals surface area contributed by atoms with E-state index in [0.717, 1.165) is 34.7 Å². The Morgan fingerprint density at radius 1 is 0.974 bits per heavy atom. The van der Waals surface area contributed by atoms with Gasteiger partial charge in [-0.1, -0.05) is 60.7 Å². The minimum atomic E-state index is -2.52. The van der Waals surface area contributed by atoms with E-state index in [1.165, 1.54) is 5.56 Å². The highest BCUT2D eigenvalue weighted by Crippen LogP contribution is 2.30. The van der Waals surface area contributed by atoms with Crippen LogP contribution in [-0.2, 0) is 11.3 Å². The number of alkyl carbamates (subject to hydrolysis) is 1. The maximum atomic E-state index is 13.4. The molecule has 39 heavy (non-hydrogen) atoms. The maximum absolute atomic E-state index is 13.4. The Labute approximate surface area is 233 Å². The predicted molar refractivity (Wildman–Crippen MR) is 159 cm³/mol. The summed E-state index contributed by atoms with van der Waals surface area (Å²) in [7, 11) is -2.52. The van der Waals surface area contributed by atoms with Crippen molar-refractivity contribution in [1.82, 2.24) is 10.2 Å². The van der Waals surface area contributed by atoms with E-state index in [-0.39, 0.29) is 5.91 Å². The van der Waals surface area contributed by atoms with Crippen LogP contribution in [0.3, 0.4) is 0 Å². The lowest BCUT2D eigenvalue weighted by molar-refractivity contribution is 0.0523. The molecule has 0 saturated carbocycles. The van der Waals surface area contributed by atoms with Crippen LogP contribution < -0.4 is 10.5 Å². The Morgan fingerprint density at radius 2 is 1.67 bits per heavy atom. The molecule has 1 heterocycles. The number of amides is 2. The number of hydrogen-bond donors (Lipinski definition) is 2. The Balaban J connectivity index is 1.39. The van der Waals surface area contributed by atoms with Gasteiger partial charge in [-0.2, -0.15) is 0 Å². The summed E-state index contributed by atoms with van der Waals surface area (Å²) in [5.41, 5.74) is 4.36. The molecule has 0 bridgehead atoms. The van der Waals surface area contributed by atoms with Crippen molar-refractivity contribution < 1.29 is 19.1 Å². The highest BCUT2D eigenvalue weighted by Gasteiger charge is 2.27. The standard InChI is InChI=1S/C32H40N2O4Si/c1-32(2,3)38-31(36)33-22-23-10-8-11-25(20-23)24-16-18-34(19-17-24)30(35)27-13-9-12-26(21-27)28-14-6-7-15-29(28)39(4,5)37/h6-15,20-21,24,37H,16-19,22H2,1-5H3,(H,33,36). The van der Waals surface area contributed by atoms with Crippen LogP contribution in [0.4, 0.5) is 4.79 Å². The lowest BCUT2D eigenvalue weighted by atomic mass is 9.88. The molecule has 0 aliphatic carbocycles. The lowest BCUT2D eigenvalue weighted by Gasteiger charge is -2.32. The zero-order valence-electron chi connectivity index (χ0n) is 23.7. The molecule has 0 radical (unpaired) electrons. The molecular weight excluding hydrogens is 504 g/mol. The second kappa shape index (κ2) is 11.8. The summed E-state index contributed by atoms with van der Waals surface area (Å²) in [5.74, 6) is 0.411. The van der Waals surface area contributed by atoms with Crippen LogP contribution >= 0.6 is 0 Å². The first-order chi connectivity index (χ1) is 18.4. The van der Waals surface area contributed by atoms with Gasteiger partial charge in [0.25, 0.3) is 5.91 Å². The number of carbonyl (C=O) groups excluding carboxylic acids is 2. The molecule has 7 heteroatoms. The van der Waals surface area contributed by atoms with E-state index >= 15 is 0 Å². The number of ether oxygens (including phenoxy) is 1. The number of nitrogens with one attached hydrogen (secondary N) is 1. The van der Waals surface area contributed by atoms with Crippen LogP contribution in [0.15, 0.2) is 72.8 Å². The highest BCUT2D eigenvalue weighted by molar-refractivity contribution is 6.84. The Morgan fingerprint density at radius 3 is 2.36 bits per heavy atom. The molecule has 1 saturated heterocycles. The summed E-state index contributed by atoms with van der Waals surface area (Å²) < 4.78 is 5.33. The summed E-state index contributed by atoms with van der Waals surface area (Å²) >= 11 is 0. The van der Waals surface area contributed by atoms with Gasteiger partial charge in [0.05, 0.1) is 0 Å². The first kappa shape index (κ1) is 28.6. The third-order valence-electron chi connectivity index (χ3n) is 7.05. The fourth-order valence-corrected chi connectivity index (χ4v) is 6.52. The van der Waals surface area contributed by atoms with Crippen LogP contribution in [0, 0.1) is 0 Å². The van der Waals surface area contributed by atoms with Gasteiger partial charge >= 0.3 is 6.09 Å². The van der Waals surface area contributed by atoms with E-state index in [4.69, 9.17) is 4.74 Å². The van der Waals surface area contributed by atoms with Gasteiger partial charge in [0.15, 0.2) is 0 Å². The molecular formula is C32H40N2O4Si. The van der Waals surface area contributed by atoms with Crippen LogP contribution in [0.5, 0.6) is 0 Å². The van der Waals surface area contributed by atoms with Gasteiger partial charge in [0.2, 0.25) is 8.32 Å². The van der Waals surface area contributed by atoms with Gasteiger partial charge < -0.3 is 19.7 Å². The van der Waals surface area contributed by atoms with E-state index in [1.807, 2.05) is 99.4 Å². The SMILES string of the molecule is CC(C)(C)OC(=O)NCc1cccc(C2CCN(C(=O)c3cccc(-c4ccccc4[Si](C)(C)O)c3)CC2)c1. The van der Waals surface area contributed by atoms with E-state index in [2.05, 4.69) is 17.4 Å². The van der Waals surface area contributed by atoms with Crippen molar-refractivity contribution in [2.45, 2.75) is 64.8 Å². The zero-order valence-corrected chi connectivity index (χ0v) is 24.7. The molecule has 1 aliphatic heterocycles. The smallest absolute Gasteiger partial charge is 0.407 e. The van der Waals surface area contributed by atoms with Gasteiger partial charge in [0.1, 0.15) is 5.60 Å². The Bertz CT molecular complexity index is 1320. The van der Waals surface area contributed by atoms with Gasteiger partial charge in [-0.3, -0.25) is 4.79 Å². The van der Waals surface area contributed by atoms with Crippen molar-refractivity contribution >= 4 is 25.5 Å². The number of nitrogens with zero attached hydrogens (tertiary/aromatic N) is 1. The van der Waals surface area contributed by atoms with E-state index in [1.54, 1.807) is 0 Å². The number of piperidine rings is 1. The summed E-state index contributed by atoms with van der Waals surface area (Å²) in [6, 6.07) is 24.0. The van der Waals surface area contributed by atoms with Gasteiger partial charge in [-0.25, -0.2) is 4.79 Å². The average Bonchev–Trinajstić information content (AvgIpc) is 2.90. The van der Waals surface area contributed by atoms with Crippen molar-refractivity contribution in [2.24, 2.45) is 0 Å². The second-order valence-corrected chi connectivity index (χ2v) is 15.5. The molecule has 3 aromatic carbocycles. The summed E-state index contributed by atoms with van der Waals surface area (Å²) in [6.07, 6.45) is 1.36. The fourth-order valence-electron chi connectivity index (χ4n) is 5.13. The van der Waals surface area contributed by atoms with E-state index < -0.39 is 20.0 Å². The van der Waals surface area contributed by atoms with E-state index in [0.29, 0.717) is 31.1 Å². The summed E-state index contributed by atoms with van der Waals surface area (Å²) in [4.78, 5) is 38.2. The van der Waals surface area contributed by atoms with Crippen molar-refractivity contribution in [3.05, 3.63) is 89.5 Å². The van der Waals surface area contributed by atoms with E-state index in [9.17, 15) is 14.4 Å². The minimum absolute atomic E-state index is 0.0450. The first-order valence-corrected chi connectivity index (χ1v) is 16.6. The van der Waals surface area contributed by atoms with Crippen LogP contribution in [0.2, 0.25) is 13.1 Å². The third-order valence-corrected chi connectivity index (χ3v) is 8.80. The molecule has 206 valence electrons. The lowest BCUT2D eigenvalue weighted by Crippen LogP contribution is -2.42. The van der Waals surface area contributed by atoms with Crippen molar-refractivity contribution in [2.75, 3.05) is 13.1 Å². The van der Waals surface area contributed by atoms with Crippen LogP contribution in [0.25, 0.3) is 11.1 Å². The Kier molecular flexibility index (Phi) is 8.62. The zero-order chi connectivity index (χ0) is 28.2. The van der Waals surface area contributed by atoms with Gasteiger partial charge in [0, 0.05) is 25.2 Å². The maximum Gasteiger partial charge on any atom is 0.407 e. The topological polar surface area (TPSA) is 78.9 Å². The highest BCUT2D eigenvalue weighted by atomic mass is 28.4. The monoisotopic (exact) mass is 544 g/mol. The average molecular weight is 545 g/mol. The molecule has 0 aromatic heterocycles. The molecule has 0 spiro atoms.